The van der Waals surface area contributed by atoms with Crippen molar-refractivity contribution >= 4 is 55.9 Å². The Labute approximate surface area is 251 Å². The highest BCUT2D eigenvalue weighted by Gasteiger charge is 2.46. The van der Waals surface area contributed by atoms with Crippen LogP contribution in [0.1, 0.15) is 24.0 Å². The molecule has 4 aromatic rings. The molecule has 2 saturated heterocycles. The first-order valence-electron chi connectivity index (χ1n) is 15.1. The molecule has 13 heteroatoms. The van der Waals surface area contributed by atoms with Gasteiger partial charge in [-0.1, -0.05) is 12.1 Å². The first-order chi connectivity index (χ1) is 20.9. The van der Waals surface area contributed by atoms with Gasteiger partial charge in [-0.25, -0.2) is 9.29 Å². The zero-order valence-corrected chi connectivity index (χ0v) is 25.3. The van der Waals surface area contributed by atoms with E-state index in [4.69, 9.17) is 9.97 Å². The number of likely N-dealkylation sites (N-methyl/N-ethyl adjacent to an activating group) is 1. The lowest BCUT2D eigenvalue weighted by molar-refractivity contribution is 0.0981. The van der Waals surface area contributed by atoms with Crippen molar-refractivity contribution in [3.05, 3.63) is 53.9 Å². The molecule has 0 radical (unpaired) electrons. The van der Waals surface area contributed by atoms with E-state index in [0.29, 0.717) is 47.5 Å². The number of aromatic amines is 1. The normalized spacial score (nSPS) is 20.7. The highest BCUT2D eigenvalue weighted by atomic mass is 32.2. The van der Waals surface area contributed by atoms with Gasteiger partial charge in [0.05, 0.1) is 28.6 Å². The summed E-state index contributed by atoms with van der Waals surface area (Å²) in [6.45, 7) is 9.13. The Kier molecular flexibility index (Phi) is 6.24. The molecule has 3 aromatic heterocycles. The minimum atomic E-state index is -3.82. The van der Waals surface area contributed by atoms with E-state index >= 15 is 0 Å². The number of para-hydroxylation sites is 1. The number of rotatable bonds is 5. The van der Waals surface area contributed by atoms with Gasteiger partial charge in [0.25, 0.3) is 0 Å². The molecule has 0 saturated carbocycles. The van der Waals surface area contributed by atoms with E-state index in [-0.39, 0.29) is 0 Å². The van der Waals surface area contributed by atoms with Gasteiger partial charge in [-0.15, -0.1) is 0 Å². The van der Waals surface area contributed by atoms with Gasteiger partial charge in [0, 0.05) is 58.1 Å². The van der Waals surface area contributed by atoms with Crippen LogP contribution in [0, 0.1) is 6.92 Å². The number of anilines is 6. The zero-order valence-electron chi connectivity index (χ0n) is 24.5. The summed E-state index contributed by atoms with van der Waals surface area (Å²) < 4.78 is 30.3. The molecular weight excluding hydrogens is 564 g/mol. The number of pyridine rings is 1. The lowest BCUT2D eigenvalue weighted by Gasteiger charge is -2.42. The number of piperidine rings is 1. The van der Waals surface area contributed by atoms with Gasteiger partial charge in [0.15, 0.2) is 5.82 Å². The van der Waals surface area contributed by atoms with Crippen LogP contribution in [0.4, 0.5) is 34.6 Å². The average Bonchev–Trinajstić information content (AvgIpc) is 3.71. The average molecular weight is 601 g/mol. The summed E-state index contributed by atoms with van der Waals surface area (Å²) in [4.78, 5) is 24.9. The fourth-order valence-corrected chi connectivity index (χ4v) is 8.82. The van der Waals surface area contributed by atoms with E-state index in [1.165, 1.54) is 8.61 Å². The summed E-state index contributed by atoms with van der Waals surface area (Å²) in [6, 6.07) is 10.3. The van der Waals surface area contributed by atoms with E-state index in [0.717, 1.165) is 80.4 Å². The van der Waals surface area contributed by atoms with Crippen molar-refractivity contribution in [1.29, 1.82) is 0 Å². The predicted octanol–water partition coefficient (Wildman–Crippen LogP) is 3.38. The Morgan fingerprint density at radius 2 is 1.79 bits per heavy atom. The van der Waals surface area contributed by atoms with Crippen molar-refractivity contribution in [1.82, 2.24) is 29.7 Å². The number of hydrogen-bond acceptors (Lipinski definition) is 9. The van der Waals surface area contributed by atoms with E-state index in [1.54, 1.807) is 6.20 Å². The second kappa shape index (κ2) is 10.1. The summed E-state index contributed by atoms with van der Waals surface area (Å²) >= 11 is 0. The number of fused-ring (bicyclic) bond motifs is 1. The molecule has 0 atom stereocenters. The Bertz CT molecular complexity index is 1810. The van der Waals surface area contributed by atoms with E-state index in [1.807, 2.05) is 30.5 Å². The molecule has 2 fully saturated rings. The third-order valence-electron chi connectivity index (χ3n) is 9.37. The molecule has 0 amide bonds. The van der Waals surface area contributed by atoms with Crippen molar-refractivity contribution < 1.29 is 8.42 Å². The molecule has 2 N–H and O–H groups in total. The Morgan fingerprint density at radius 1 is 0.977 bits per heavy atom. The molecule has 43 heavy (non-hydrogen) atoms. The maximum Gasteiger partial charge on any atom is 0.332 e. The molecule has 8 rings (SSSR count). The molecule has 224 valence electrons. The monoisotopic (exact) mass is 600 g/mol. The number of aromatic nitrogens is 4. The predicted molar refractivity (Wildman–Crippen MR) is 169 cm³/mol. The van der Waals surface area contributed by atoms with Gasteiger partial charge < -0.3 is 20.1 Å². The maximum atomic E-state index is 13.7. The van der Waals surface area contributed by atoms with E-state index < -0.39 is 10.2 Å². The van der Waals surface area contributed by atoms with E-state index in [9.17, 15) is 8.42 Å². The van der Waals surface area contributed by atoms with Gasteiger partial charge in [-0.05, 0) is 62.6 Å². The van der Waals surface area contributed by atoms with Crippen LogP contribution in [0.15, 0.2) is 42.7 Å². The molecule has 12 nitrogen and oxygen atoms in total. The molecule has 0 unspecified atom stereocenters. The van der Waals surface area contributed by atoms with E-state index in [2.05, 4.69) is 50.0 Å². The van der Waals surface area contributed by atoms with Crippen LogP contribution in [-0.2, 0) is 16.6 Å². The summed E-state index contributed by atoms with van der Waals surface area (Å²) in [5.74, 6) is 1.63. The van der Waals surface area contributed by atoms with Crippen molar-refractivity contribution in [3.63, 3.8) is 0 Å². The van der Waals surface area contributed by atoms with Gasteiger partial charge >= 0.3 is 10.2 Å². The number of benzene rings is 1. The Morgan fingerprint density at radius 3 is 2.58 bits per heavy atom. The first-order valence-corrected chi connectivity index (χ1v) is 16.5. The molecule has 0 spiro atoms. The first kappa shape index (κ1) is 26.7. The van der Waals surface area contributed by atoms with Crippen LogP contribution in [0.3, 0.4) is 0 Å². The molecule has 7 heterocycles. The number of piperazine rings is 1. The van der Waals surface area contributed by atoms with Gasteiger partial charge in [-0.3, -0.25) is 9.21 Å². The lowest BCUT2D eigenvalue weighted by atomic mass is 10.0. The maximum absolute atomic E-state index is 13.7. The van der Waals surface area contributed by atoms with Crippen LogP contribution < -0.4 is 18.8 Å². The summed E-state index contributed by atoms with van der Waals surface area (Å²) in [6.07, 6.45) is 6.58. The molecule has 4 aliphatic rings. The Hall–Kier alpha value is -3.94. The second-order valence-electron chi connectivity index (χ2n) is 12.0. The number of aryl methyl sites for hydroxylation is 1. The van der Waals surface area contributed by atoms with Crippen LogP contribution in [0.25, 0.3) is 11.0 Å². The molecule has 4 aliphatic heterocycles. The lowest BCUT2D eigenvalue weighted by Crippen LogP contribution is -2.52. The van der Waals surface area contributed by atoms with Crippen LogP contribution in [-0.4, -0.2) is 97.1 Å². The van der Waals surface area contributed by atoms with Crippen molar-refractivity contribution in [3.8, 4) is 0 Å². The molecule has 1 aromatic carbocycles. The molecule has 0 aliphatic carbocycles. The van der Waals surface area contributed by atoms with Crippen LogP contribution in [0.5, 0.6) is 0 Å². The van der Waals surface area contributed by atoms with Crippen molar-refractivity contribution in [2.75, 3.05) is 71.7 Å². The van der Waals surface area contributed by atoms with Crippen LogP contribution >= 0.6 is 0 Å². The zero-order chi connectivity index (χ0) is 29.3. The quantitative estimate of drug-likeness (QED) is 0.356. The minimum Gasteiger partial charge on any atom is -0.356 e. The highest BCUT2D eigenvalue weighted by molar-refractivity contribution is 7.95. The second-order valence-corrected chi connectivity index (χ2v) is 13.7. The van der Waals surface area contributed by atoms with Crippen molar-refractivity contribution in [2.45, 2.75) is 32.2 Å². The smallest absolute Gasteiger partial charge is 0.332 e. The standard InChI is InChI=1S/C30H36N10O2S/c1-20-18-22(19-32-28(20)38-11-8-23(9-12-38)37-16-14-36(2)15-17-37)33-30-34-27-24(6-10-31-27)29(35-30)40-25-5-3-4-21-7-13-39(26(21)25)43(40,41)42/h3-6,10,18-19,23H,7-9,11-17H2,1-2H3,(H2,31,33,34,35). The third-order valence-corrected chi connectivity index (χ3v) is 11.1. The molecule has 0 bridgehead atoms. The number of nitrogens with zero attached hydrogens (tertiary/aromatic N) is 8. The highest BCUT2D eigenvalue weighted by Crippen LogP contribution is 2.50. The number of hydrogen-bond donors (Lipinski definition) is 2. The number of nitrogens with one attached hydrogen (secondary N) is 2. The van der Waals surface area contributed by atoms with Gasteiger partial charge in [0.2, 0.25) is 5.95 Å². The van der Waals surface area contributed by atoms with Gasteiger partial charge in [0.1, 0.15) is 11.5 Å². The molecular formula is C30H36N10O2S. The van der Waals surface area contributed by atoms with Gasteiger partial charge in [-0.2, -0.15) is 18.4 Å². The SMILES string of the molecule is Cc1cc(Nc2nc(N3c4cccc5c4N(CC5)S3(=O)=O)c3cc[nH]c3n2)cnc1N1CCC(N2CCN(C)CC2)CC1. The summed E-state index contributed by atoms with van der Waals surface area (Å²) in [7, 11) is -1.62. The third kappa shape index (κ3) is 4.40. The van der Waals surface area contributed by atoms with Crippen molar-refractivity contribution in [2.24, 2.45) is 0 Å². The number of H-pyrrole nitrogens is 1. The Balaban J connectivity index is 1.04. The topological polar surface area (TPSA) is 117 Å². The van der Waals surface area contributed by atoms with Crippen LogP contribution in [0.2, 0.25) is 0 Å². The summed E-state index contributed by atoms with van der Waals surface area (Å²) in [5.41, 5.74) is 4.79. The fraction of sp³-hybridized carbons (Fsp3) is 0.433. The minimum absolute atomic E-state index is 0.301. The fourth-order valence-electron chi connectivity index (χ4n) is 7.10. The largest absolute Gasteiger partial charge is 0.356 e. The summed E-state index contributed by atoms with van der Waals surface area (Å²) in [5, 5.41) is 3.93.